The molecule has 0 saturated carbocycles. The quantitative estimate of drug-likeness (QED) is 0.596. The van der Waals surface area contributed by atoms with E-state index in [2.05, 4.69) is 5.32 Å². The highest BCUT2D eigenvalue weighted by atomic mass is 32.2. The molecule has 1 aromatic carbocycles. The van der Waals surface area contributed by atoms with E-state index >= 15 is 0 Å². The maximum absolute atomic E-state index is 13.3. The SMILES string of the molecule is CC(CO)N(C(=O)OC(C)(C)C)c1cccc(S(=O)(=O)N2CCC(NC(=O)OC(C)(C)C)CC2)c1. The summed E-state index contributed by atoms with van der Waals surface area (Å²) in [7, 11) is -3.84. The van der Waals surface area contributed by atoms with E-state index in [0.29, 0.717) is 18.5 Å². The summed E-state index contributed by atoms with van der Waals surface area (Å²) in [6.45, 7) is 12.3. The van der Waals surface area contributed by atoms with Crippen molar-refractivity contribution in [1.29, 1.82) is 0 Å². The monoisotopic (exact) mass is 513 g/mol. The predicted molar refractivity (Wildman–Crippen MR) is 133 cm³/mol. The summed E-state index contributed by atoms with van der Waals surface area (Å²) >= 11 is 0. The standard InChI is InChI=1S/C24H39N3O7S/c1-17(16-28)27(22(30)34-24(5,6)7)19-9-8-10-20(15-19)35(31,32)26-13-11-18(12-14-26)25-21(29)33-23(2,3)4/h8-10,15,17-18,28H,11-14,16H2,1-7H3,(H,25,29). The van der Waals surface area contributed by atoms with Gasteiger partial charge in [-0.1, -0.05) is 6.07 Å². The van der Waals surface area contributed by atoms with E-state index in [1.807, 2.05) is 0 Å². The number of sulfonamides is 1. The van der Waals surface area contributed by atoms with Crippen LogP contribution in [0.3, 0.4) is 0 Å². The Bertz CT molecular complexity index is 991. The Morgan fingerprint density at radius 1 is 1.11 bits per heavy atom. The molecule has 1 aromatic rings. The maximum Gasteiger partial charge on any atom is 0.415 e. The van der Waals surface area contributed by atoms with Crippen molar-refractivity contribution in [2.24, 2.45) is 0 Å². The first kappa shape index (κ1) is 28.9. The van der Waals surface area contributed by atoms with Crippen molar-refractivity contribution in [2.45, 2.75) is 89.5 Å². The van der Waals surface area contributed by atoms with Gasteiger partial charge in [0.25, 0.3) is 0 Å². The molecule has 35 heavy (non-hydrogen) atoms. The van der Waals surface area contributed by atoms with Crippen LogP contribution in [-0.4, -0.2) is 73.0 Å². The first-order valence-corrected chi connectivity index (χ1v) is 13.2. The zero-order valence-electron chi connectivity index (χ0n) is 21.7. The third-order valence-corrected chi connectivity index (χ3v) is 7.10. The average molecular weight is 514 g/mol. The van der Waals surface area contributed by atoms with E-state index in [0.717, 1.165) is 0 Å². The van der Waals surface area contributed by atoms with E-state index in [-0.39, 0.29) is 30.6 Å². The van der Waals surface area contributed by atoms with Crippen molar-refractivity contribution < 1.29 is 32.6 Å². The molecule has 1 unspecified atom stereocenters. The molecule has 11 heteroatoms. The van der Waals surface area contributed by atoms with Gasteiger partial charge in [-0.15, -0.1) is 0 Å². The second-order valence-electron chi connectivity index (χ2n) is 10.7. The topological polar surface area (TPSA) is 125 Å². The van der Waals surface area contributed by atoms with Crippen LogP contribution < -0.4 is 10.2 Å². The number of alkyl carbamates (subject to hydrolysis) is 1. The molecule has 1 saturated heterocycles. The average Bonchev–Trinajstić information content (AvgIpc) is 2.71. The third kappa shape index (κ3) is 8.36. The van der Waals surface area contributed by atoms with E-state index in [9.17, 15) is 23.1 Å². The zero-order valence-corrected chi connectivity index (χ0v) is 22.5. The van der Waals surface area contributed by atoms with Crippen molar-refractivity contribution >= 4 is 27.9 Å². The normalized spacial score (nSPS) is 16.9. The number of ether oxygens (including phenoxy) is 2. The van der Waals surface area contributed by atoms with Crippen LogP contribution in [0, 0.1) is 0 Å². The fourth-order valence-electron chi connectivity index (χ4n) is 3.59. The summed E-state index contributed by atoms with van der Waals surface area (Å²) in [5, 5.41) is 12.5. The Labute approximate surface area is 208 Å². The van der Waals surface area contributed by atoms with Crippen molar-refractivity contribution in [3.63, 3.8) is 0 Å². The number of benzene rings is 1. The van der Waals surface area contributed by atoms with Crippen LogP contribution in [0.15, 0.2) is 29.2 Å². The summed E-state index contributed by atoms with van der Waals surface area (Å²) in [5.41, 5.74) is -1.06. The molecular formula is C24H39N3O7S. The van der Waals surface area contributed by atoms with Crippen LogP contribution in [0.2, 0.25) is 0 Å². The third-order valence-electron chi connectivity index (χ3n) is 5.20. The number of amides is 2. The Morgan fingerprint density at radius 2 is 1.69 bits per heavy atom. The molecule has 0 spiro atoms. The first-order chi connectivity index (χ1) is 16.0. The van der Waals surface area contributed by atoms with Crippen LogP contribution in [0.25, 0.3) is 0 Å². The van der Waals surface area contributed by atoms with Gasteiger partial charge in [0, 0.05) is 24.8 Å². The lowest BCUT2D eigenvalue weighted by molar-refractivity contribution is 0.0487. The van der Waals surface area contributed by atoms with Gasteiger partial charge in [0.1, 0.15) is 11.2 Å². The number of rotatable bonds is 6. The van der Waals surface area contributed by atoms with Gasteiger partial charge in [0.2, 0.25) is 10.0 Å². The molecular weight excluding hydrogens is 474 g/mol. The van der Waals surface area contributed by atoms with Gasteiger partial charge in [-0.25, -0.2) is 18.0 Å². The molecule has 2 rings (SSSR count). The Balaban J connectivity index is 2.17. The highest BCUT2D eigenvalue weighted by molar-refractivity contribution is 7.89. The smallest absolute Gasteiger partial charge is 0.415 e. The molecule has 0 radical (unpaired) electrons. The second kappa shape index (κ2) is 11.1. The highest BCUT2D eigenvalue weighted by Crippen LogP contribution is 2.27. The van der Waals surface area contributed by atoms with Gasteiger partial charge in [0.05, 0.1) is 17.5 Å². The van der Waals surface area contributed by atoms with Crippen LogP contribution in [0.4, 0.5) is 15.3 Å². The molecule has 10 nitrogen and oxygen atoms in total. The van der Waals surface area contributed by atoms with Crippen LogP contribution in [0.1, 0.15) is 61.3 Å². The van der Waals surface area contributed by atoms with Gasteiger partial charge in [-0.05, 0) is 79.5 Å². The fraction of sp³-hybridized carbons (Fsp3) is 0.667. The Hall–Kier alpha value is -2.37. The molecule has 2 N–H and O–H groups in total. The van der Waals surface area contributed by atoms with Crippen molar-refractivity contribution in [2.75, 3.05) is 24.6 Å². The van der Waals surface area contributed by atoms with Gasteiger partial charge in [-0.3, -0.25) is 4.90 Å². The number of nitrogens with zero attached hydrogens (tertiary/aromatic N) is 2. The lowest BCUT2D eigenvalue weighted by Gasteiger charge is -2.33. The van der Waals surface area contributed by atoms with Crippen LogP contribution in [0.5, 0.6) is 0 Å². The summed E-state index contributed by atoms with van der Waals surface area (Å²) in [6, 6.07) is 5.23. The lowest BCUT2D eigenvalue weighted by Crippen LogP contribution is -2.47. The molecule has 0 aromatic heterocycles. The number of aliphatic hydroxyl groups is 1. The number of aliphatic hydroxyl groups excluding tert-OH is 1. The van der Waals surface area contributed by atoms with Crippen molar-refractivity contribution in [3.05, 3.63) is 24.3 Å². The van der Waals surface area contributed by atoms with Gasteiger partial charge >= 0.3 is 12.2 Å². The zero-order chi connectivity index (χ0) is 26.6. The van der Waals surface area contributed by atoms with Crippen LogP contribution in [-0.2, 0) is 19.5 Å². The lowest BCUT2D eigenvalue weighted by atomic mass is 10.1. The van der Waals surface area contributed by atoms with Crippen molar-refractivity contribution in [3.8, 4) is 0 Å². The molecule has 0 bridgehead atoms. The van der Waals surface area contributed by atoms with E-state index in [1.54, 1.807) is 60.6 Å². The Kier molecular flexibility index (Phi) is 9.18. The number of hydrogen-bond acceptors (Lipinski definition) is 7. The van der Waals surface area contributed by atoms with Crippen molar-refractivity contribution in [1.82, 2.24) is 9.62 Å². The number of hydrogen-bond donors (Lipinski definition) is 2. The number of carbonyl (C=O) groups is 2. The maximum atomic E-state index is 13.3. The molecule has 1 fully saturated rings. The highest BCUT2D eigenvalue weighted by Gasteiger charge is 2.32. The predicted octanol–water partition coefficient (Wildman–Crippen LogP) is 3.49. The van der Waals surface area contributed by atoms with Gasteiger partial charge < -0.3 is 19.9 Å². The number of piperidine rings is 1. The molecule has 0 aliphatic carbocycles. The van der Waals surface area contributed by atoms with Gasteiger partial charge in [-0.2, -0.15) is 4.31 Å². The van der Waals surface area contributed by atoms with Crippen LogP contribution >= 0.6 is 0 Å². The van der Waals surface area contributed by atoms with Gasteiger partial charge in [0.15, 0.2) is 0 Å². The molecule has 1 aliphatic rings. The van der Waals surface area contributed by atoms with E-state index in [4.69, 9.17) is 9.47 Å². The summed E-state index contributed by atoms with van der Waals surface area (Å²) < 4.78 is 38.8. The number of anilines is 1. The second-order valence-corrected chi connectivity index (χ2v) is 12.6. The summed E-state index contributed by atoms with van der Waals surface area (Å²) in [4.78, 5) is 26.1. The summed E-state index contributed by atoms with van der Waals surface area (Å²) in [6.07, 6.45) is -0.303. The van der Waals surface area contributed by atoms with E-state index < -0.39 is 39.5 Å². The minimum absolute atomic E-state index is 0.0345. The Morgan fingerprint density at radius 3 is 2.20 bits per heavy atom. The largest absolute Gasteiger partial charge is 0.444 e. The molecule has 1 heterocycles. The number of carbonyl (C=O) groups excluding carboxylic acids is 2. The molecule has 1 atom stereocenters. The minimum atomic E-state index is -3.84. The summed E-state index contributed by atoms with van der Waals surface area (Å²) in [5.74, 6) is 0. The molecule has 2 amide bonds. The number of nitrogens with one attached hydrogen (secondary N) is 1. The minimum Gasteiger partial charge on any atom is -0.444 e. The fourth-order valence-corrected chi connectivity index (χ4v) is 5.10. The molecule has 198 valence electrons. The first-order valence-electron chi connectivity index (χ1n) is 11.8. The van der Waals surface area contributed by atoms with E-state index in [1.165, 1.54) is 21.3 Å². The molecule has 1 aliphatic heterocycles.